The normalized spacial score (nSPS) is 13.7. The summed E-state index contributed by atoms with van der Waals surface area (Å²) in [4.78, 5) is 0. The van der Waals surface area contributed by atoms with Crippen LogP contribution < -0.4 is 0 Å². The first-order chi connectivity index (χ1) is 6.25. The van der Waals surface area contributed by atoms with E-state index in [1.807, 2.05) is 0 Å². The fourth-order valence-corrected chi connectivity index (χ4v) is 3.00. The van der Waals surface area contributed by atoms with Gasteiger partial charge in [-0.1, -0.05) is 55.4 Å². The second kappa shape index (κ2) is 5.19. The van der Waals surface area contributed by atoms with Gasteiger partial charge < -0.3 is 0 Å². The highest BCUT2D eigenvalue weighted by Gasteiger charge is 2.40. The molecule has 0 heterocycles. The molecule has 0 aromatic heterocycles. The first kappa shape index (κ1) is 14.0. The fraction of sp³-hybridized carbons (Fsp3) is 0.929. The third-order valence-electron chi connectivity index (χ3n) is 3.40. The highest BCUT2D eigenvalue weighted by atomic mass is 14.4. The summed E-state index contributed by atoms with van der Waals surface area (Å²) >= 11 is 0. The molecule has 0 atom stereocenters. The van der Waals surface area contributed by atoms with Crippen LogP contribution in [0.1, 0.15) is 55.4 Å². The predicted molar refractivity (Wildman–Crippen MR) is 65.0 cm³/mol. The Kier molecular flexibility index (Phi) is 5.19. The second-order valence-electron chi connectivity index (χ2n) is 5.70. The quantitative estimate of drug-likeness (QED) is 0.599. The van der Waals surface area contributed by atoms with Crippen molar-refractivity contribution in [2.24, 2.45) is 29.1 Å². The Morgan fingerprint density at radius 2 is 0.929 bits per heavy atom. The Morgan fingerprint density at radius 1 is 0.643 bits per heavy atom. The molecule has 0 saturated heterocycles. The Morgan fingerprint density at radius 3 is 1.00 bits per heavy atom. The maximum atomic E-state index is 3.79. The van der Waals surface area contributed by atoms with Gasteiger partial charge in [0.05, 0.1) is 0 Å². The van der Waals surface area contributed by atoms with Gasteiger partial charge in [0.25, 0.3) is 0 Å². The Hall–Kier alpha value is 0. The van der Waals surface area contributed by atoms with Crippen molar-refractivity contribution in [1.82, 2.24) is 0 Å². The van der Waals surface area contributed by atoms with Crippen molar-refractivity contribution < 1.29 is 0 Å². The molecule has 0 aliphatic heterocycles. The molecule has 0 heteroatoms. The highest BCUT2D eigenvalue weighted by molar-refractivity contribution is 5.00. The molecule has 0 aliphatic carbocycles. The molecule has 0 aromatic rings. The van der Waals surface area contributed by atoms with E-state index in [2.05, 4.69) is 61.8 Å². The molecule has 0 rings (SSSR count). The second-order valence-corrected chi connectivity index (χ2v) is 5.70. The van der Waals surface area contributed by atoms with Crippen LogP contribution in [0.3, 0.4) is 0 Å². The summed E-state index contributed by atoms with van der Waals surface area (Å²) in [7, 11) is 0. The van der Waals surface area contributed by atoms with Crippen LogP contribution in [0, 0.1) is 35.5 Å². The number of rotatable bonds is 5. The van der Waals surface area contributed by atoms with Crippen LogP contribution in [0.5, 0.6) is 0 Å². The van der Waals surface area contributed by atoms with Crippen LogP contribution in [0.4, 0.5) is 0 Å². The third kappa shape index (κ3) is 2.74. The first-order valence-electron chi connectivity index (χ1n) is 6.02. The lowest BCUT2D eigenvalue weighted by Crippen LogP contribution is -2.40. The van der Waals surface area contributed by atoms with Gasteiger partial charge in [0, 0.05) is 0 Å². The minimum atomic E-state index is 0.272. The van der Waals surface area contributed by atoms with Crippen molar-refractivity contribution in [3.05, 3.63) is 6.42 Å². The van der Waals surface area contributed by atoms with Crippen LogP contribution >= 0.6 is 0 Å². The summed E-state index contributed by atoms with van der Waals surface area (Å²) < 4.78 is 0. The zero-order valence-corrected chi connectivity index (χ0v) is 11.3. The molecule has 0 aromatic carbocycles. The van der Waals surface area contributed by atoms with E-state index in [4.69, 9.17) is 0 Å². The molecule has 2 radical (unpaired) electrons. The molecular formula is C14H28. The van der Waals surface area contributed by atoms with Gasteiger partial charge in [0.2, 0.25) is 0 Å². The first-order valence-corrected chi connectivity index (χ1v) is 6.02. The van der Waals surface area contributed by atoms with Gasteiger partial charge in [-0.05, 0) is 35.5 Å². The van der Waals surface area contributed by atoms with Gasteiger partial charge in [0.1, 0.15) is 0 Å². The van der Waals surface area contributed by atoms with E-state index >= 15 is 0 Å². The van der Waals surface area contributed by atoms with Gasteiger partial charge >= 0.3 is 0 Å². The van der Waals surface area contributed by atoms with Gasteiger partial charge in [0.15, 0.2) is 0 Å². The molecule has 0 bridgehead atoms. The average molecular weight is 196 g/mol. The van der Waals surface area contributed by atoms with Crippen LogP contribution in [0.15, 0.2) is 0 Å². The summed E-state index contributed by atoms with van der Waals surface area (Å²) in [5.74, 6) is 2.57. The van der Waals surface area contributed by atoms with Crippen molar-refractivity contribution >= 4 is 0 Å². The van der Waals surface area contributed by atoms with E-state index in [1.165, 1.54) is 0 Å². The van der Waals surface area contributed by atoms with Crippen LogP contribution in [-0.2, 0) is 0 Å². The SMILES string of the molecule is CC(C)[C]C(C(C)C)(C(C)C)C(C)C. The highest BCUT2D eigenvalue weighted by Crippen LogP contribution is 2.46. The Labute approximate surface area is 91.5 Å². The molecule has 0 fully saturated rings. The largest absolute Gasteiger partial charge is 0.0622 e. The maximum absolute atomic E-state index is 3.79. The zero-order chi connectivity index (χ0) is 11.5. The predicted octanol–water partition coefficient (Wildman–Crippen LogP) is 4.68. The van der Waals surface area contributed by atoms with E-state index in [-0.39, 0.29) is 5.41 Å². The molecule has 14 heavy (non-hydrogen) atoms. The Bertz CT molecular complexity index is 130. The molecule has 0 amide bonds. The van der Waals surface area contributed by atoms with Gasteiger partial charge in [-0.3, -0.25) is 0 Å². The van der Waals surface area contributed by atoms with Gasteiger partial charge in [-0.15, -0.1) is 0 Å². The number of hydrogen-bond donors (Lipinski definition) is 0. The van der Waals surface area contributed by atoms with Crippen LogP contribution in [0.2, 0.25) is 0 Å². The smallest absolute Gasteiger partial charge is 0.00699 e. The molecule has 0 spiro atoms. The molecule has 84 valence electrons. The molecule has 0 nitrogen and oxygen atoms in total. The van der Waals surface area contributed by atoms with E-state index in [1.54, 1.807) is 0 Å². The summed E-state index contributed by atoms with van der Waals surface area (Å²) in [6, 6.07) is 0. The summed E-state index contributed by atoms with van der Waals surface area (Å²) in [6.07, 6.45) is 3.79. The van der Waals surface area contributed by atoms with Crippen LogP contribution in [-0.4, -0.2) is 0 Å². The minimum absolute atomic E-state index is 0.272. The molecular weight excluding hydrogens is 168 g/mol. The number of hydrogen-bond acceptors (Lipinski definition) is 0. The van der Waals surface area contributed by atoms with Crippen molar-refractivity contribution in [2.75, 3.05) is 0 Å². The monoisotopic (exact) mass is 196 g/mol. The maximum Gasteiger partial charge on any atom is -0.00699 e. The summed E-state index contributed by atoms with van der Waals surface area (Å²) in [6.45, 7) is 18.4. The lowest BCUT2D eigenvalue weighted by Gasteiger charge is -2.46. The van der Waals surface area contributed by atoms with Gasteiger partial charge in [-0.2, -0.15) is 0 Å². The fourth-order valence-electron chi connectivity index (χ4n) is 3.00. The molecule has 0 N–H and O–H groups in total. The van der Waals surface area contributed by atoms with Crippen LogP contribution in [0.25, 0.3) is 0 Å². The summed E-state index contributed by atoms with van der Waals surface area (Å²) in [5.41, 5.74) is 0.272. The lowest BCUT2D eigenvalue weighted by atomic mass is 9.59. The molecule has 0 unspecified atom stereocenters. The molecule has 0 saturated carbocycles. The van der Waals surface area contributed by atoms with Crippen molar-refractivity contribution in [3.63, 3.8) is 0 Å². The van der Waals surface area contributed by atoms with Gasteiger partial charge in [-0.25, -0.2) is 0 Å². The van der Waals surface area contributed by atoms with E-state index in [9.17, 15) is 0 Å². The summed E-state index contributed by atoms with van der Waals surface area (Å²) in [5, 5.41) is 0. The van der Waals surface area contributed by atoms with E-state index < -0.39 is 0 Å². The Balaban J connectivity index is 4.95. The average Bonchev–Trinajstić information content (AvgIpc) is 1.97. The molecule has 0 aliphatic rings. The zero-order valence-electron chi connectivity index (χ0n) is 11.3. The van der Waals surface area contributed by atoms with E-state index in [0.717, 1.165) is 0 Å². The lowest BCUT2D eigenvalue weighted by molar-refractivity contribution is 0.0782. The van der Waals surface area contributed by atoms with Crippen molar-refractivity contribution in [3.8, 4) is 0 Å². The van der Waals surface area contributed by atoms with Crippen molar-refractivity contribution in [1.29, 1.82) is 0 Å². The third-order valence-corrected chi connectivity index (χ3v) is 3.40. The minimum Gasteiger partial charge on any atom is -0.0622 e. The van der Waals surface area contributed by atoms with Crippen molar-refractivity contribution in [2.45, 2.75) is 55.4 Å². The van der Waals surface area contributed by atoms with E-state index in [0.29, 0.717) is 23.7 Å². The standard InChI is InChI=1S/C14H28/c1-10(2)9-14(11(3)4,12(5)6)13(7)8/h10-13H,1-8H3. The topological polar surface area (TPSA) is 0 Å².